The number of nitrogens with one attached hydrogen (secondary N) is 1. The normalized spacial score (nSPS) is 12.8. The van der Waals surface area contributed by atoms with Crippen LogP contribution in [0.3, 0.4) is 0 Å². The van der Waals surface area contributed by atoms with Gasteiger partial charge in [-0.25, -0.2) is 8.78 Å². The molecule has 1 unspecified atom stereocenters. The molecule has 0 spiro atoms. The SMILES string of the molecule is CC(CCN)CCC(=O)NCCOCC(F)F. The number of carbonyl (C=O) groups is 1. The molecule has 0 radical (unpaired) electrons. The van der Waals surface area contributed by atoms with E-state index in [2.05, 4.69) is 10.1 Å². The first-order valence-corrected chi connectivity index (χ1v) is 5.89. The van der Waals surface area contributed by atoms with E-state index in [1.807, 2.05) is 6.92 Å². The van der Waals surface area contributed by atoms with E-state index in [9.17, 15) is 13.6 Å². The second-order valence-corrected chi connectivity index (χ2v) is 4.04. The smallest absolute Gasteiger partial charge is 0.261 e. The summed E-state index contributed by atoms with van der Waals surface area (Å²) in [6.45, 7) is 2.49. The van der Waals surface area contributed by atoms with Gasteiger partial charge in [0.1, 0.15) is 6.61 Å². The summed E-state index contributed by atoms with van der Waals surface area (Å²) in [7, 11) is 0. The molecule has 1 amide bonds. The van der Waals surface area contributed by atoms with E-state index in [-0.39, 0.29) is 19.1 Å². The highest BCUT2D eigenvalue weighted by Crippen LogP contribution is 2.08. The van der Waals surface area contributed by atoms with Crippen molar-refractivity contribution in [3.8, 4) is 0 Å². The average molecular weight is 252 g/mol. The number of amides is 1. The highest BCUT2D eigenvalue weighted by molar-refractivity contribution is 5.75. The van der Waals surface area contributed by atoms with Crippen LogP contribution in [0.25, 0.3) is 0 Å². The van der Waals surface area contributed by atoms with Crippen molar-refractivity contribution in [3.05, 3.63) is 0 Å². The van der Waals surface area contributed by atoms with Crippen LogP contribution < -0.4 is 11.1 Å². The number of ether oxygens (including phenoxy) is 1. The summed E-state index contributed by atoms with van der Waals surface area (Å²) in [6.07, 6.45) is -0.315. The molecule has 0 aromatic heterocycles. The number of halogens is 2. The Bertz CT molecular complexity index is 204. The lowest BCUT2D eigenvalue weighted by molar-refractivity contribution is -0.121. The van der Waals surface area contributed by atoms with Gasteiger partial charge in [-0.15, -0.1) is 0 Å². The zero-order valence-corrected chi connectivity index (χ0v) is 10.3. The van der Waals surface area contributed by atoms with E-state index in [1.54, 1.807) is 0 Å². The number of hydrogen-bond acceptors (Lipinski definition) is 3. The van der Waals surface area contributed by atoms with Gasteiger partial charge in [0, 0.05) is 13.0 Å². The maximum atomic E-state index is 11.7. The van der Waals surface area contributed by atoms with E-state index >= 15 is 0 Å². The van der Waals surface area contributed by atoms with Gasteiger partial charge in [-0.05, 0) is 25.3 Å². The van der Waals surface area contributed by atoms with Crippen molar-refractivity contribution in [1.29, 1.82) is 0 Å². The lowest BCUT2D eigenvalue weighted by atomic mass is 10.0. The molecule has 0 aromatic carbocycles. The second-order valence-electron chi connectivity index (χ2n) is 4.04. The van der Waals surface area contributed by atoms with Crippen molar-refractivity contribution in [1.82, 2.24) is 5.32 Å². The molecule has 0 aliphatic heterocycles. The number of alkyl halides is 2. The number of nitrogens with two attached hydrogens (primary N) is 1. The molecule has 0 heterocycles. The van der Waals surface area contributed by atoms with Crippen LogP contribution in [0, 0.1) is 5.92 Å². The number of rotatable bonds is 10. The molecule has 0 fully saturated rings. The monoisotopic (exact) mass is 252 g/mol. The summed E-state index contributed by atoms with van der Waals surface area (Å²) in [5.74, 6) is 0.357. The third-order valence-corrected chi connectivity index (χ3v) is 2.34. The topological polar surface area (TPSA) is 64.4 Å². The van der Waals surface area contributed by atoms with Crippen LogP contribution in [0.2, 0.25) is 0 Å². The largest absolute Gasteiger partial charge is 0.374 e. The van der Waals surface area contributed by atoms with Crippen molar-refractivity contribution in [2.45, 2.75) is 32.6 Å². The number of carbonyl (C=O) groups excluding carboxylic acids is 1. The fraction of sp³-hybridized carbons (Fsp3) is 0.909. The Labute approximate surface area is 101 Å². The molecule has 17 heavy (non-hydrogen) atoms. The van der Waals surface area contributed by atoms with Crippen LogP contribution in [0.4, 0.5) is 8.78 Å². The minimum Gasteiger partial charge on any atom is -0.374 e. The van der Waals surface area contributed by atoms with Gasteiger partial charge in [-0.2, -0.15) is 0 Å². The van der Waals surface area contributed by atoms with E-state index < -0.39 is 13.0 Å². The first-order valence-electron chi connectivity index (χ1n) is 5.89. The Morgan fingerprint density at radius 3 is 2.71 bits per heavy atom. The summed E-state index contributed by atoms with van der Waals surface area (Å²) in [5, 5.41) is 2.61. The fourth-order valence-corrected chi connectivity index (χ4v) is 1.33. The van der Waals surface area contributed by atoms with E-state index in [0.29, 0.717) is 18.9 Å². The molecule has 0 aromatic rings. The molecule has 0 saturated carbocycles. The lowest BCUT2D eigenvalue weighted by Gasteiger charge is -2.10. The van der Waals surface area contributed by atoms with Gasteiger partial charge in [0.25, 0.3) is 6.43 Å². The molecular formula is C11H22F2N2O2. The predicted molar refractivity (Wildman–Crippen MR) is 61.9 cm³/mol. The molecule has 0 aliphatic rings. The van der Waals surface area contributed by atoms with Crippen LogP contribution in [-0.2, 0) is 9.53 Å². The van der Waals surface area contributed by atoms with Crippen LogP contribution in [0.15, 0.2) is 0 Å². The van der Waals surface area contributed by atoms with Gasteiger partial charge < -0.3 is 15.8 Å². The minimum atomic E-state index is -2.46. The van der Waals surface area contributed by atoms with Crippen molar-refractivity contribution >= 4 is 5.91 Å². The molecule has 0 saturated heterocycles. The van der Waals surface area contributed by atoms with Crippen molar-refractivity contribution in [2.24, 2.45) is 11.7 Å². The Morgan fingerprint density at radius 1 is 1.41 bits per heavy atom. The molecule has 3 N–H and O–H groups in total. The number of hydrogen-bond donors (Lipinski definition) is 2. The summed E-state index contributed by atoms with van der Waals surface area (Å²) in [6, 6.07) is 0. The van der Waals surface area contributed by atoms with E-state index in [4.69, 9.17) is 5.73 Å². The quantitative estimate of drug-likeness (QED) is 0.573. The molecule has 0 aliphatic carbocycles. The molecule has 1 atom stereocenters. The first-order chi connectivity index (χ1) is 8.06. The third-order valence-electron chi connectivity index (χ3n) is 2.34. The molecule has 0 bridgehead atoms. The Balaban J connectivity index is 3.34. The molecular weight excluding hydrogens is 230 g/mol. The van der Waals surface area contributed by atoms with Gasteiger partial charge >= 0.3 is 0 Å². The van der Waals surface area contributed by atoms with Crippen LogP contribution in [0.1, 0.15) is 26.2 Å². The highest BCUT2D eigenvalue weighted by Gasteiger charge is 2.06. The molecule has 0 rings (SSSR count). The Hall–Kier alpha value is -0.750. The van der Waals surface area contributed by atoms with E-state index in [0.717, 1.165) is 12.8 Å². The van der Waals surface area contributed by atoms with E-state index in [1.165, 1.54) is 0 Å². The molecule has 4 nitrogen and oxygen atoms in total. The fourth-order valence-electron chi connectivity index (χ4n) is 1.33. The maximum Gasteiger partial charge on any atom is 0.261 e. The predicted octanol–water partition coefficient (Wildman–Crippen LogP) is 1.15. The van der Waals surface area contributed by atoms with Gasteiger partial charge in [-0.3, -0.25) is 4.79 Å². The van der Waals surface area contributed by atoms with Crippen LogP contribution >= 0.6 is 0 Å². The average Bonchev–Trinajstić information content (AvgIpc) is 2.26. The zero-order valence-electron chi connectivity index (χ0n) is 10.3. The zero-order chi connectivity index (χ0) is 13.1. The Kier molecular flexibility index (Phi) is 9.95. The standard InChI is InChI=1S/C11H22F2N2O2/c1-9(4-5-14)2-3-11(16)15-6-7-17-8-10(12)13/h9-10H,2-8,14H2,1H3,(H,15,16). The summed E-state index contributed by atoms with van der Waals surface area (Å²) >= 11 is 0. The maximum absolute atomic E-state index is 11.7. The van der Waals surface area contributed by atoms with Gasteiger partial charge in [0.2, 0.25) is 5.91 Å². The van der Waals surface area contributed by atoms with Gasteiger partial charge in [-0.1, -0.05) is 6.92 Å². The minimum absolute atomic E-state index is 0.0745. The Morgan fingerprint density at radius 2 is 2.12 bits per heavy atom. The van der Waals surface area contributed by atoms with Gasteiger partial charge in [0.15, 0.2) is 0 Å². The van der Waals surface area contributed by atoms with Crippen molar-refractivity contribution < 1.29 is 18.3 Å². The first kappa shape index (κ1) is 16.2. The highest BCUT2D eigenvalue weighted by atomic mass is 19.3. The van der Waals surface area contributed by atoms with Crippen molar-refractivity contribution in [2.75, 3.05) is 26.3 Å². The molecule has 6 heteroatoms. The van der Waals surface area contributed by atoms with Gasteiger partial charge in [0.05, 0.1) is 6.61 Å². The lowest BCUT2D eigenvalue weighted by Crippen LogP contribution is -2.28. The summed E-state index contributed by atoms with van der Waals surface area (Å²) in [5.41, 5.74) is 5.40. The van der Waals surface area contributed by atoms with Crippen molar-refractivity contribution in [3.63, 3.8) is 0 Å². The summed E-state index contributed by atoms with van der Waals surface area (Å²) < 4.78 is 28.0. The second kappa shape index (κ2) is 10.4. The van der Waals surface area contributed by atoms with Crippen LogP contribution in [0.5, 0.6) is 0 Å². The third kappa shape index (κ3) is 11.5. The van der Waals surface area contributed by atoms with Crippen LogP contribution in [-0.4, -0.2) is 38.6 Å². The molecule has 102 valence electrons. The summed E-state index contributed by atoms with van der Waals surface area (Å²) in [4.78, 5) is 11.3.